The van der Waals surface area contributed by atoms with Crippen molar-refractivity contribution in [2.24, 2.45) is 0 Å². The van der Waals surface area contributed by atoms with Gasteiger partial charge in [0.1, 0.15) is 0 Å². The van der Waals surface area contributed by atoms with Crippen molar-refractivity contribution in [3.05, 3.63) is 383 Å². The molecule has 0 unspecified atom stereocenters. The molecule has 0 bridgehead atoms. The molecule has 6 nitrogen and oxygen atoms in total. The largest absolute Gasteiger partial charge is 0.310 e. The zero-order valence-electron chi connectivity index (χ0n) is 84.4. The number of benzene rings is 16. The summed E-state index contributed by atoms with van der Waals surface area (Å²) >= 11 is 0. The topological polar surface area (TPSA) is 44.5 Å². The van der Waals surface area contributed by atoms with Gasteiger partial charge in [0.05, 0.1) is 51.6 Å². The van der Waals surface area contributed by atoms with E-state index in [1.807, 2.05) is 24.3 Å². The molecule has 0 N–H and O–H groups in total. The molecule has 0 saturated heterocycles. The minimum absolute atomic E-state index is 0.277. The molecule has 2 aliphatic rings. The minimum Gasteiger partial charge on any atom is -0.310 e. The molecule has 0 amide bonds. The number of rotatable bonds is 11. The lowest BCUT2D eigenvalue weighted by Crippen LogP contribution is -2.61. The molecule has 16 aromatic carbocycles. The molecule has 137 heavy (non-hydrogen) atoms. The number of hydrogen-bond acceptors (Lipinski definition) is 3. The molecule has 4 heterocycles. The monoisotopic (exact) mass is 1780 g/mol. The molecule has 2 aliphatic heterocycles. The van der Waals surface area contributed by atoms with Gasteiger partial charge in [-0.25, -0.2) is 4.85 Å². The number of nitriles is 1. The molecule has 7 heteroatoms. The Kier molecular flexibility index (Phi) is 21.7. The van der Waals surface area contributed by atoms with Crippen LogP contribution < -0.4 is 26.2 Å². The third-order valence-electron chi connectivity index (χ3n) is 29.1. The van der Waals surface area contributed by atoms with E-state index in [1.165, 1.54) is 66.1 Å². The Bertz CT molecular complexity index is 7150. The van der Waals surface area contributed by atoms with Crippen molar-refractivity contribution in [2.75, 3.05) is 9.80 Å². The van der Waals surface area contributed by atoms with Crippen LogP contribution in [0, 0.1) is 17.9 Å². The average Bonchev–Trinajstić information content (AvgIpc) is 1.67. The molecule has 0 aliphatic carbocycles. The number of hydrogen-bond donors (Lipinski definition) is 0. The second kappa shape index (κ2) is 32.8. The first kappa shape index (κ1) is 90.6. The highest BCUT2D eigenvalue weighted by Gasteiger charge is 2.47. The van der Waals surface area contributed by atoms with E-state index >= 15 is 0 Å². The van der Waals surface area contributed by atoms with Crippen LogP contribution in [-0.2, 0) is 43.3 Å². The van der Waals surface area contributed by atoms with Crippen LogP contribution in [0.4, 0.5) is 39.8 Å². The Labute approximate surface area is 812 Å². The van der Waals surface area contributed by atoms with Crippen LogP contribution in [-0.4, -0.2) is 15.8 Å². The molecule has 2 aromatic heterocycles. The Morgan fingerprint density at radius 3 is 0.788 bits per heavy atom. The first-order valence-electron chi connectivity index (χ1n) is 49.0. The summed E-state index contributed by atoms with van der Waals surface area (Å²) in [5.74, 6) is 0. The molecule has 18 aromatic rings. The van der Waals surface area contributed by atoms with E-state index in [0.717, 1.165) is 162 Å². The number of anilines is 6. The lowest BCUT2D eigenvalue weighted by Gasteiger charge is -2.46. The summed E-state index contributed by atoms with van der Waals surface area (Å²) < 4.78 is 5.04. The molecular weight excluding hydrogens is 1660 g/mol. The van der Waals surface area contributed by atoms with Crippen LogP contribution in [0.2, 0.25) is 0 Å². The van der Waals surface area contributed by atoms with Gasteiger partial charge in [-0.05, 0) is 257 Å². The van der Waals surface area contributed by atoms with Gasteiger partial charge in [0.25, 0.3) is 6.71 Å². The van der Waals surface area contributed by atoms with Gasteiger partial charge in [-0.2, -0.15) is 5.26 Å². The van der Waals surface area contributed by atoms with Crippen LogP contribution in [0.5, 0.6) is 0 Å². The fraction of sp³-hybridized carbons (Fsp3) is 0.246. The van der Waals surface area contributed by atoms with Gasteiger partial charge in [-0.1, -0.05) is 391 Å². The first-order chi connectivity index (χ1) is 64.9. The van der Waals surface area contributed by atoms with Crippen LogP contribution in [0.3, 0.4) is 0 Å². The van der Waals surface area contributed by atoms with Crippen molar-refractivity contribution in [1.82, 2.24) is 9.13 Å². The van der Waals surface area contributed by atoms with Crippen LogP contribution in [0.25, 0.3) is 138 Å². The van der Waals surface area contributed by atoms with E-state index in [0.29, 0.717) is 11.3 Å². The molecule has 0 saturated carbocycles. The van der Waals surface area contributed by atoms with E-state index < -0.39 is 6.71 Å². The van der Waals surface area contributed by atoms with Gasteiger partial charge in [-0.15, -0.1) is 0 Å². The maximum absolute atomic E-state index is 10.7. The highest BCUT2D eigenvalue weighted by molar-refractivity contribution is 7.00. The Balaban J connectivity index is 1.05. The number of aromatic nitrogens is 2. The van der Waals surface area contributed by atoms with Crippen molar-refractivity contribution in [1.29, 1.82) is 5.26 Å². The van der Waals surface area contributed by atoms with Gasteiger partial charge in [0, 0.05) is 77.9 Å². The molecule has 0 atom stereocenters. The standard InChI is InChI=1S/C130H125BN6/c1-123(2,3)91-59-87(60-92(73-91)124(4,5)6)106-67-84(82-49-47-80(79-132)48-50-82)68-107(88-61-93(125(7,8)9)74-94(62-88)126(10,11)12)121(106)136-116-77-100(134-112-43-33-29-39-102(112)103-40-30-34-44-113(103)134)55-57-110(116)131-111-58-56-101(135-114-45-35-31-41-104(114)105-42-32-36-46-115(105)135)78-117(111)137(119-72-86(71-118(136)120(119)131)81-37-27-26-28-38-81)122-108(89-63-95(127(13,14)15)75-96(64-89)128(16,17)18)69-85(83-51-53-99(133-25)54-52-83)70-109(122)90-65-97(129(19,20)21)76-98(66-90)130(22,23)24/h26-78H,1-24H3. The maximum Gasteiger partial charge on any atom is 0.252 e. The van der Waals surface area contributed by atoms with Crippen LogP contribution in [0.1, 0.15) is 216 Å². The summed E-state index contributed by atoms with van der Waals surface area (Å²) in [4.78, 5) is 9.57. The van der Waals surface area contributed by atoms with E-state index in [9.17, 15) is 5.26 Å². The number of para-hydroxylation sites is 4. The molecule has 0 fully saturated rings. The van der Waals surface area contributed by atoms with Crippen molar-refractivity contribution in [3.63, 3.8) is 0 Å². The van der Waals surface area contributed by atoms with Gasteiger partial charge in [0.15, 0.2) is 5.69 Å². The molecule has 20 rings (SSSR count). The molecular formula is C130H125BN6. The maximum atomic E-state index is 10.7. The van der Waals surface area contributed by atoms with E-state index in [2.05, 4.69) is 493 Å². The smallest absolute Gasteiger partial charge is 0.252 e. The van der Waals surface area contributed by atoms with Crippen molar-refractivity contribution in [3.8, 4) is 95.3 Å². The third-order valence-corrected chi connectivity index (χ3v) is 29.1. The predicted molar refractivity (Wildman–Crippen MR) is 588 cm³/mol. The SMILES string of the molecule is [C-]#[N+]c1ccc(-c2cc(-c3cc(C(C)(C)C)cc(C(C)(C)C)c3)c(N3c4cc(-n5c6ccccc6c6ccccc65)ccc4B4c5ccc(-n6c7ccccc7c7ccccc76)cc5N(c5c(-c6cc(C(C)(C)C)cc(C(C)(C)C)c6)cc(-c6ccc(C#N)cc6)cc5-c5cc(C(C)(C)C)cc(C(C)(C)C)c5)c5cc(-c6ccccc6)cc3c54)c(-c3cc(C(C)(C)C)cc(C(C)(C)C)c3)c2)cc1. The fourth-order valence-electron chi connectivity index (χ4n) is 21.0. The quantitative estimate of drug-likeness (QED) is 0.0958. The molecule has 678 valence electrons. The Morgan fingerprint density at radius 2 is 0.511 bits per heavy atom. The Hall–Kier alpha value is -14.2. The van der Waals surface area contributed by atoms with Crippen molar-refractivity contribution >= 4 is 107 Å². The van der Waals surface area contributed by atoms with Crippen LogP contribution >= 0.6 is 0 Å². The Morgan fingerprint density at radius 1 is 0.248 bits per heavy atom. The lowest BCUT2D eigenvalue weighted by molar-refractivity contribution is 0.568. The first-order valence-corrected chi connectivity index (χ1v) is 49.0. The average molecular weight is 1780 g/mol. The molecule has 0 radical (unpaired) electrons. The summed E-state index contributed by atoms with van der Waals surface area (Å²) in [6.07, 6.45) is 0. The predicted octanol–water partition coefficient (Wildman–Crippen LogP) is 34.4. The van der Waals surface area contributed by atoms with Crippen molar-refractivity contribution in [2.45, 2.75) is 209 Å². The summed E-state index contributed by atoms with van der Waals surface area (Å²) in [5, 5.41) is 15.4. The highest BCUT2D eigenvalue weighted by Crippen LogP contribution is 2.58. The number of nitrogens with zero attached hydrogens (tertiary/aromatic N) is 6. The summed E-state index contributed by atoms with van der Waals surface area (Å²) in [5.41, 5.74) is 40.2. The van der Waals surface area contributed by atoms with Gasteiger partial charge >= 0.3 is 0 Å². The van der Waals surface area contributed by atoms with E-state index in [-0.39, 0.29) is 43.3 Å². The third kappa shape index (κ3) is 16.3. The fourth-order valence-corrected chi connectivity index (χ4v) is 21.0. The van der Waals surface area contributed by atoms with E-state index in [1.54, 1.807) is 0 Å². The van der Waals surface area contributed by atoms with Gasteiger partial charge in [-0.3, -0.25) is 0 Å². The molecule has 0 spiro atoms. The van der Waals surface area contributed by atoms with Gasteiger partial charge in [0.2, 0.25) is 0 Å². The van der Waals surface area contributed by atoms with E-state index in [4.69, 9.17) is 6.57 Å². The van der Waals surface area contributed by atoms with Gasteiger partial charge < -0.3 is 18.9 Å². The lowest BCUT2D eigenvalue weighted by atomic mass is 9.33. The normalized spacial score (nSPS) is 13.2. The highest BCUT2D eigenvalue weighted by atomic mass is 15.2. The zero-order valence-corrected chi connectivity index (χ0v) is 84.4. The van der Waals surface area contributed by atoms with Crippen molar-refractivity contribution < 1.29 is 0 Å². The summed E-state index contributed by atoms with van der Waals surface area (Å²) in [6.45, 7) is 64.8. The van der Waals surface area contributed by atoms with Crippen LogP contribution in [0.15, 0.2) is 322 Å². The summed E-state index contributed by atoms with van der Waals surface area (Å²) in [6, 6.07) is 126. The minimum atomic E-state index is -0.416. The number of fused-ring (bicyclic) bond motifs is 10. The zero-order chi connectivity index (χ0) is 96.6. The second-order valence-corrected chi connectivity index (χ2v) is 47.0. The second-order valence-electron chi connectivity index (χ2n) is 47.0. The summed E-state index contributed by atoms with van der Waals surface area (Å²) in [7, 11) is 0.